The molecule has 0 bridgehead atoms. The fourth-order valence-electron chi connectivity index (χ4n) is 2.42. The minimum absolute atomic E-state index is 0.0445. The number of hydrogen-bond acceptors (Lipinski definition) is 3. The van der Waals surface area contributed by atoms with Crippen molar-refractivity contribution in [1.82, 2.24) is 4.90 Å². The van der Waals surface area contributed by atoms with E-state index in [9.17, 15) is 9.59 Å². The number of carbonyl (C=O) groups is 2. The van der Waals surface area contributed by atoms with Gasteiger partial charge in [-0.15, -0.1) is 0 Å². The van der Waals surface area contributed by atoms with Crippen LogP contribution in [0.4, 0.5) is 16.2 Å². The van der Waals surface area contributed by atoms with Crippen LogP contribution in [0.25, 0.3) is 0 Å². The number of aryl methyl sites for hydroxylation is 2. The Morgan fingerprint density at radius 3 is 2.50 bits per heavy atom. The lowest BCUT2D eigenvalue weighted by Gasteiger charge is -2.22. The Bertz CT molecular complexity index is 574. The van der Waals surface area contributed by atoms with Gasteiger partial charge in [0.2, 0.25) is 5.91 Å². The summed E-state index contributed by atoms with van der Waals surface area (Å²) in [6.07, 6.45) is 1.18. The van der Waals surface area contributed by atoms with Crippen molar-refractivity contribution in [1.29, 1.82) is 0 Å². The molecule has 0 radical (unpaired) electrons. The molecule has 148 valence electrons. The van der Waals surface area contributed by atoms with Crippen molar-refractivity contribution in [2.24, 2.45) is 0 Å². The second-order valence-electron chi connectivity index (χ2n) is 5.42. The van der Waals surface area contributed by atoms with Crippen LogP contribution in [-0.4, -0.2) is 43.6 Å². The molecule has 6 nitrogen and oxygen atoms in total. The molecule has 1 aromatic rings. The number of hydrogen-bond donors (Lipinski definition) is 2. The molecule has 0 atom stereocenters. The number of anilines is 2. The number of nitrogens with one attached hydrogen (secondary N) is 2. The summed E-state index contributed by atoms with van der Waals surface area (Å²) in [4.78, 5) is 25.2. The summed E-state index contributed by atoms with van der Waals surface area (Å²) in [6, 6.07) is 3.63. The van der Waals surface area contributed by atoms with E-state index in [1.54, 1.807) is 11.9 Å². The van der Waals surface area contributed by atoms with Crippen LogP contribution in [0.1, 0.15) is 52.2 Å². The topological polar surface area (TPSA) is 70.7 Å². The molecule has 1 aromatic carbocycles. The minimum atomic E-state index is -0.168. The third-order valence-corrected chi connectivity index (χ3v) is 3.68. The third-order valence-electron chi connectivity index (χ3n) is 3.68. The highest BCUT2D eigenvalue weighted by molar-refractivity contribution is 5.96. The summed E-state index contributed by atoms with van der Waals surface area (Å²) in [7, 11) is 1.74. The Kier molecular flexibility index (Phi) is 12.1. The summed E-state index contributed by atoms with van der Waals surface area (Å²) in [5.41, 5.74) is 3.64. The second-order valence-corrected chi connectivity index (χ2v) is 5.42. The van der Waals surface area contributed by atoms with Gasteiger partial charge in [-0.05, 0) is 43.5 Å². The zero-order valence-electron chi connectivity index (χ0n) is 17.4. The maximum Gasteiger partial charge on any atom is 0.321 e. The molecule has 0 saturated heterocycles. The number of benzene rings is 1. The first-order valence-corrected chi connectivity index (χ1v) is 9.54. The molecule has 1 aliphatic heterocycles. The van der Waals surface area contributed by atoms with Crippen molar-refractivity contribution in [3.05, 3.63) is 23.3 Å². The predicted molar refractivity (Wildman–Crippen MR) is 109 cm³/mol. The fraction of sp³-hybridized carbons (Fsp3) is 0.600. The molecule has 0 aliphatic carbocycles. The van der Waals surface area contributed by atoms with Gasteiger partial charge in [0, 0.05) is 38.0 Å². The van der Waals surface area contributed by atoms with Gasteiger partial charge in [-0.3, -0.25) is 4.79 Å². The highest BCUT2D eigenvalue weighted by Gasteiger charge is 2.18. The molecule has 0 spiro atoms. The average Bonchev–Trinajstić information content (AvgIpc) is 2.66. The summed E-state index contributed by atoms with van der Waals surface area (Å²) in [5.74, 6) is 0.0445. The predicted octanol–water partition coefficient (Wildman–Crippen LogP) is 4.43. The Morgan fingerprint density at radius 2 is 1.88 bits per heavy atom. The Balaban J connectivity index is 0.00000146. The highest BCUT2D eigenvalue weighted by atomic mass is 16.5. The van der Waals surface area contributed by atoms with Crippen molar-refractivity contribution >= 4 is 23.3 Å². The van der Waals surface area contributed by atoms with Crippen LogP contribution >= 0.6 is 0 Å². The average molecular weight is 366 g/mol. The van der Waals surface area contributed by atoms with Gasteiger partial charge in [0.05, 0.1) is 6.61 Å². The summed E-state index contributed by atoms with van der Waals surface area (Å²) in [6.45, 7) is 13.6. The van der Waals surface area contributed by atoms with Crippen molar-refractivity contribution < 1.29 is 14.3 Å². The SMILES string of the molecule is CC.CC.CCOCCN(C)C(=O)Nc1cc(C)c2c(c1)CCC(=O)N2. The highest BCUT2D eigenvalue weighted by Crippen LogP contribution is 2.29. The minimum Gasteiger partial charge on any atom is -0.380 e. The Hall–Kier alpha value is -2.08. The number of fused-ring (bicyclic) bond motifs is 1. The number of likely N-dealkylation sites (N-methyl/N-ethyl adjacent to an activating group) is 1. The number of ether oxygens (including phenoxy) is 1. The van der Waals surface area contributed by atoms with E-state index in [0.717, 1.165) is 22.5 Å². The third kappa shape index (κ3) is 7.44. The van der Waals surface area contributed by atoms with Crippen LogP contribution < -0.4 is 10.6 Å². The molecule has 3 amide bonds. The van der Waals surface area contributed by atoms with Gasteiger partial charge in [0.15, 0.2) is 0 Å². The standard InChI is InChI=1S/C16H23N3O3.2C2H6/c1-4-22-8-7-19(3)16(21)17-13-9-11(2)15-12(10-13)5-6-14(20)18-15;2*1-2/h9-10H,4-8H2,1-3H3,(H,17,21)(H,18,20);2*1-2H3. The van der Waals surface area contributed by atoms with E-state index < -0.39 is 0 Å². The van der Waals surface area contributed by atoms with Crippen LogP contribution in [0.5, 0.6) is 0 Å². The van der Waals surface area contributed by atoms with E-state index in [-0.39, 0.29) is 11.9 Å². The van der Waals surface area contributed by atoms with E-state index in [2.05, 4.69) is 10.6 Å². The molecule has 1 aliphatic rings. The van der Waals surface area contributed by atoms with Gasteiger partial charge < -0.3 is 20.3 Å². The molecule has 26 heavy (non-hydrogen) atoms. The van der Waals surface area contributed by atoms with E-state index in [1.165, 1.54) is 0 Å². The van der Waals surface area contributed by atoms with Gasteiger partial charge >= 0.3 is 6.03 Å². The molecule has 1 heterocycles. The van der Waals surface area contributed by atoms with Crippen LogP contribution in [0.3, 0.4) is 0 Å². The summed E-state index contributed by atoms with van der Waals surface area (Å²) >= 11 is 0. The van der Waals surface area contributed by atoms with E-state index in [1.807, 2.05) is 53.7 Å². The fourth-order valence-corrected chi connectivity index (χ4v) is 2.42. The van der Waals surface area contributed by atoms with Gasteiger partial charge in [-0.2, -0.15) is 0 Å². The van der Waals surface area contributed by atoms with Crippen molar-refractivity contribution in [3.63, 3.8) is 0 Å². The largest absolute Gasteiger partial charge is 0.380 e. The van der Waals surface area contributed by atoms with Gasteiger partial charge in [-0.1, -0.05) is 27.7 Å². The lowest BCUT2D eigenvalue weighted by atomic mass is 9.98. The molecular formula is C20H35N3O3. The summed E-state index contributed by atoms with van der Waals surface area (Å²) < 4.78 is 5.25. The molecule has 2 rings (SSSR count). The first kappa shape index (κ1) is 23.9. The van der Waals surface area contributed by atoms with Gasteiger partial charge in [0.1, 0.15) is 0 Å². The normalized spacial score (nSPS) is 11.7. The monoisotopic (exact) mass is 365 g/mol. The van der Waals surface area contributed by atoms with E-state index >= 15 is 0 Å². The van der Waals surface area contributed by atoms with Crippen LogP contribution in [0.2, 0.25) is 0 Å². The zero-order chi connectivity index (χ0) is 20.1. The molecule has 0 unspecified atom stereocenters. The quantitative estimate of drug-likeness (QED) is 0.758. The molecular weight excluding hydrogens is 330 g/mol. The molecule has 0 saturated carbocycles. The van der Waals surface area contributed by atoms with E-state index in [0.29, 0.717) is 32.6 Å². The first-order chi connectivity index (χ1) is 12.5. The maximum absolute atomic E-state index is 12.1. The Labute approximate surface area is 158 Å². The van der Waals surface area contributed by atoms with Crippen molar-refractivity contribution in [2.75, 3.05) is 37.4 Å². The van der Waals surface area contributed by atoms with Gasteiger partial charge in [-0.25, -0.2) is 4.79 Å². The number of carbonyl (C=O) groups excluding carboxylic acids is 2. The molecule has 2 N–H and O–H groups in total. The van der Waals surface area contributed by atoms with Crippen molar-refractivity contribution in [2.45, 2.75) is 54.4 Å². The second kappa shape index (κ2) is 13.2. The lowest BCUT2D eigenvalue weighted by molar-refractivity contribution is -0.116. The van der Waals surface area contributed by atoms with Crippen molar-refractivity contribution in [3.8, 4) is 0 Å². The van der Waals surface area contributed by atoms with E-state index in [4.69, 9.17) is 4.74 Å². The number of nitrogens with zero attached hydrogens (tertiary/aromatic N) is 1. The number of rotatable bonds is 5. The lowest BCUT2D eigenvalue weighted by Crippen LogP contribution is -2.34. The Morgan fingerprint density at radius 1 is 1.23 bits per heavy atom. The molecule has 6 heteroatoms. The molecule has 0 aromatic heterocycles. The summed E-state index contributed by atoms with van der Waals surface area (Å²) in [5, 5.41) is 5.78. The zero-order valence-corrected chi connectivity index (χ0v) is 17.4. The van der Waals surface area contributed by atoms with Crippen LogP contribution in [0, 0.1) is 6.92 Å². The van der Waals surface area contributed by atoms with Crippen LogP contribution in [0.15, 0.2) is 12.1 Å². The number of urea groups is 1. The van der Waals surface area contributed by atoms with Gasteiger partial charge in [0.25, 0.3) is 0 Å². The first-order valence-electron chi connectivity index (χ1n) is 9.54. The number of amides is 3. The maximum atomic E-state index is 12.1. The molecule has 0 fully saturated rings. The smallest absolute Gasteiger partial charge is 0.321 e. The van der Waals surface area contributed by atoms with Crippen LogP contribution in [-0.2, 0) is 16.0 Å².